The second-order valence-corrected chi connectivity index (χ2v) is 6.98. The fraction of sp³-hybridized carbons (Fsp3) is 0.909. The van der Waals surface area contributed by atoms with Crippen LogP contribution in [-0.4, -0.2) is 44.0 Å². The maximum atomic E-state index is 11.7. The van der Waals surface area contributed by atoms with E-state index in [2.05, 4.69) is 5.32 Å². The molecule has 1 atom stereocenters. The van der Waals surface area contributed by atoms with Gasteiger partial charge in [-0.3, -0.25) is 4.79 Å². The summed E-state index contributed by atoms with van der Waals surface area (Å²) in [6.07, 6.45) is 6.06. The second kappa shape index (κ2) is 4.94. The number of sulfonamides is 1. The number of hydrogen-bond donors (Lipinski definition) is 1. The number of hydrogen-bond acceptors (Lipinski definition) is 3. The first-order chi connectivity index (χ1) is 7.98. The first kappa shape index (κ1) is 12.8. The summed E-state index contributed by atoms with van der Waals surface area (Å²) in [6.45, 7) is 1.05. The normalized spacial score (nSPS) is 26.8. The van der Waals surface area contributed by atoms with Crippen LogP contribution in [-0.2, 0) is 14.8 Å². The van der Waals surface area contributed by atoms with Gasteiger partial charge in [-0.1, -0.05) is 6.42 Å². The molecule has 0 aromatic carbocycles. The summed E-state index contributed by atoms with van der Waals surface area (Å²) in [5.41, 5.74) is 0. The van der Waals surface area contributed by atoms with Gasteiger partial charge in [0.1, 0.15) is 0 Å². The lowest BCUT2D eigenvalue weighted by molar-refractivity contribution is -0.127. The molecule has 17 heavy (non-hydrogen) atoms. The number of nitrogens with one attached hydrogen (secondary N) is 1. The Morgan fingerprint density at radius 1 is 1.29 bits per heavy atom. The molecule has 0 radical (unpaired) electrons. The molecule has 0 bridgehead atoms. The molecule has 98 valence electrons. The van der Waals surface area contributed by atoms with E-state index in [0.29, 0.717) is 13.1 Å². The molecule has 1 unspecified atom stereocenters. The van der Waals surface area contributed by atoms with Gasteiger partial charge < -0.3 is 5.32 Å². The predicted octanol–water partition coefficient (Wildman–Crippen LogP) is 0.327. The van der Waals surface area contributed by atoms with Crippen molar-refractivity contribution in [3.8, 4) is 0 Å². The number of nitrogens with zero attached hydrogens (tertiary/aromatic N) is 1. The summed E-state index contributed by atoms with van der Waals surface area (Å²) < 4.78 is 24.5. The van der Waals surface area contributed by atoms with Crippen molar-refractivity contribution in [3.05, 3.63) is 0 Å². The Bertz CT molecular complexity index is 390. The Morgan fingerprint density at radius 2 is 2.00 bits per heavy atom. The fourth-order valence-electron chi connectivity index (χ4n) is 2.48. The first-order valence-corrected chi connectivity index (χ1v) is 8.08. The monoisotopic (exact) mass is 260 g/mol. The molecular weight excluding hydrogens is 240 g/mol. The minimum Gasteiger partial charge on any atom is -0.354 e. The maximum absolute atomic E-state index is 11.7. The van der Waals surface area contributed by atoms with Crippen molar-refractivity contribution in [2.75, 3.05) is 19.3 Å². The highest BCUT2D eigenvalue weighted by Gasteiger charge is 2.32. The zero-order chi connectivity index (χ0) is 12.5. The van der Waals surface area contributed by atoms with Crippen LogP contribution in [0.5, 0.6) is 0 Å². The quantitative estimate of drug-likeness (QED) is 0.792. The number of carbonyl (C=O) groups is 1. The zero-order valence-electron chi connectivity index (χ0n) is 10.2. The Hall–Kier alpha value is -0.620. The lowest BCUT2D eigenvalue weighted by atomic mass is 9.85. The van der Waals surface area contributed by atoms with Gasteiger partial charge in [0.2, 0.25) is 15.9 Å². The van der Waals surface area contributed by atoms with Crippen LogP contribution in [0.4, 0.5) is 0 Å². The molecule has 2 aliphatic rings. The molecular formula is C11H20N2O3S. The molecule has 1 amide bonds. The molecule has 6 heteroatoms. The molecule has 2 rings (SSSR count). The lowest BCUT2D eigenvalue weighted by Gasteiger charge is -2.27. The highest BCUT2D eigenvalue weighted by atomic mass is 32.2. The Balaban J connectivity index is 1.83. The van der Waals surface area contributed by atoms with Gasteiger partial charge in [-0.15, -0.1) is 0 Å². The van der Waals surface area contributed by atoms with E-state index in [1.165, 1.54) is 10.6 Å². The van der Waals surface area contributed by atoms with E-state index < -0.39 is 10.0 Å². The van der Waals surface area contributed by atoms with Crippen LogP contribution in [0.25, 0.3) is 0 Å². The van der Waals surface area contributed by atoms with Gasteiger partial charge in [0.15, 0.2) is 0 Å². The topological polar surface area (TPSA) is 66.5 Å². The van der Waals surface area contributed by atoms with E-state index in [9.17, 15) is 13.2 Å². The van der Waals surface area contributed by atoms with Gasteiger partial charge in [-0.25, -0.2) is 8.42 Å². The summed E-state index contributed by atoms with van der Waals surface area (Å²) in [6, 6.07) is -0.0472. The van der Waals surface area contributed by atoms with Crippen molar-refractivity contribution >= 4 is 15.9 Å². The number of rotatable bonds is 4. The highest BCUT2D eigenvalue weighted by Crippen LogP contribution is 2.26. The fourth-order valence-corrected chi connectivity index (χ4v) is 3.67. The average Bonchev–Trinajstić information content (AvgIpc) is 2.58. The van der Waals surface area contributed by atoms with E-state index >= 15 is 0 Å². The van der Waals surface area contributed by atoms with Crippen LogP contribution in [0.2, 0.25) is 0 Å². The van der Waals surface area contributed by atoms with Crippen molar-refractivity contribution in [3.63, 3.8) is 0 Å². The highest BCUT2D eigenvalue weighted by molar-refractivity contribution is 7.88. The van der Waals surface area contributed by atoms with Crippen molar-refractivity contribution in [1.29, 1.82) is 0 Å². The molecule has 1 heterocycles. The van der Waals surface area contributed by atoms with E-state index in [-0.39, 0.29) is 17.9 Å². The predicted molar refractivity (Wildman–Crippen MR) is 64.9 cm³/mol. The maximum Gasteiger partial charge on any atom is 0.223 e. The van der Waals surface area contributed by atoms with Crippen LogP contribution in [0.1, 0.15) is 32.1 Å². The number of amides is 1. The molecule has 1 saturated heterocycles. The minimum atomic E-state index is -3.13. The van der Waals surface area contributed by atoms with Crippen molar-refractivity contribution in [2.45, 2.75) is 38.1 Å². The molecule has 1 aliphatic carbocycles. The van der Waals surface area contributed by atoms with Gasteiger partial charge >= 0.3 is 0 Å². The largest absolute Gasteiger partial charge is 0.354 e. The van der Waals surface area contributed by atoms with Crippen molar-refractivity contribution < 1.29 is 13.2 Å². The standard InChI is InChI=1S/C11H20N2O3S/c1-17(15,16)13-7-3-6-10(13)8-12-11(14)9-4-2-5-9/h9-10H,2-8H2,1H3,(H,12,14). The Labute approximate surface area is 103 Å². The van der Waals surface area contributed by atoms with E-state index in [4.69, 9.17) is 0 Å². The van der Waals surface area contributed by atoms with Crippen LogP contribution in [0, 0.1) is 5.92 Å². The molecule has 0 spiro atoms. The van der Waals surface area contributed by atoms with Crippen LogP contribution in [0.3, 0.4) is 0 Å². The summed E-state index contributed by atoms with van der Waals surface area (Å²) in [4.78, 5) is 11.7. The van der Waals surface area contributed by atoms with Gasteiger partial charge in [-0.05, 0) is 25.7 Å². The van der Waals surface area contributed by atoms with E-state index in [1.54, 1.807) is 0 Å². The number of carbonyl (C=O) groups excluding carboxylic acids is 1. The third kappa shape index (κ3) is 2.98. The van der Waals surface area contributed by atoms with Crippen molar-refractivity contribution in [1.82, 2.24) is 9.62 Å². The lowest BCUT2D eigenvalue weighted by Crippen LogP contribution is -2.44. The minimum absolute atomic E-state index is 0.0472. The Kier molecular flexibility index (Phi) is 3.73. The first-order valence-electron chi connectivity index (χ1n) is 6.23. The van der Waals surface area contributed by atoms with Crippen molar-refractivity contribution in [2.24, 2.45) is 5.92 Å². The summed E-state index contributed by atoms with van der Waals surface area (Å²) in [7, 11) is -3.13. The third-order valence-corrected chi connectivity index (χ3v) is 5.07. The Morgan fingerprint density at radius 3 is 2.53 bits per heavy atom. The molecule has 1 N–H and O–H groups in total. The molecule has 1 saturated carbocycles. The summed E-state index contributed by atoms with van der Waals surface area (Å²) >= 11 is 0. The third-order valence-electron chi connectivity index (χ3n) is 3.74. The molecule has 5 nitrogen and oxygen atoms in total. The van der Waals surface area contributed by atoms with E-state index in [1.807, 2.05) is 0 Å². The summed E-state index contributed by atoms with van der Waals surface area (Å²) in [5.74, 6) is 0.264. The van der Waals surface area contributed by atoms with Gasteiger partial charge in [-0.2, -0.15) is 4.31 Å². The second-order valence-electron chi connectivity index (χ2n) is 5.04. The van der Waals surface area contributed by atoms with Crippen LogP contribution >= 0.6 is 0 Å². The zero-order valence-corrected chi connectivity index (χ0v) is 11.0. The van der Waals surface area contributed by atoms with E-state index in [0.717, 1.165) is 32.1 Å². The van der Waals surface area contributed by atoms with Gasteiger partial charge in [0.25, 0.3) is 0 Å². The summed E-state index contributed by atoms with van der Waals surface area (Å²) in [5, 5.41) is 2.88. The molecule has 1 aliphatic heterocycles. The molecule has 0 aromatic rings. The molecule has 0 aromatic heterocycles. The van der Waals surface area contributed by atoms with Gasteiger partial charge in [0, 0.05) is 25.0 Å². The average molecular weight is 260 g/mol. The van der Waals surface area contributed by atoms with Crippen LogP contribution < -0.4 is 5.32 Å². The smallest absolute Gasteiger partial charge is 0.223 e. The van der Waals surface area contributed by atoms with Gasteiger partial charge in [0.05, 0.1) is 6.26 Å². The molecule has 2 fully saturated rings. The SMILES string of the molecule is CS(=O)(=O)N1CCCC1CNC(=O)C1CCC1. The van der Waals surface area contributed by atoms with Crippen LogP contribution in [0.15, 0.2) is 0 Å².